The molecule has 1 aromatic heterocycles. The van der Waals surface area contributed by atoms with Gasteiger partial charge in [0, 0.05) is 11.6 Å². The third kappa shape index (κ3) is 1.64. The number of benzene rings is 1. The van der Waals surface area contributed by atoms with E-state index in [1.54, 1.807) is 12.3 Å². The predicted molar refractivity (Wildman–Crippen MR) is 53.8 cm³/mol. The minimum atomic E-state index is -0.614. The number of nitrogens with two attached hydrogens (primary N) is 1. The molecule has 0 atom stereocenters. The molecule has 0 bridgehead atoms. The first-order valence-electron chi connectivity index (χ1n) is 4.08. The minimum Gasteiger partial charge on any atom is -0.351 e. The van der Waals surface area contributed by atoms with Crippen LogP contribution in [0, 0.1) is 6.07 Å². The van der Waals surface area contributed by atoms with Crippen LogP contribution < -0.4 is 11.1 Å². The van der Waals surface area contributed by atoms with Crippen molar-refractivity contribution in [1.82, 2.24) is 4.98 Å². The molecule has 4 nitrogen and oxygen atoms in total. The highest BCUT2D eigenvalue weighted by Gasteiger charge is 1.98. The molecule has 1 heterocycles. The maximum Gasteiger partial charge on any atom is 0.317 e. The highest BCUT2D eigenvalue weighted by Crippen LogP contribution is 2.15. The van der Waals surface area contributed by atoms with Crippen molar-refractivity contribution in [3.8, 4) is 0 Å². The molecule has 0 saturated heterocycles. The Hall–Kier alpha value is -2.10. The number of hydrogen-bond acceptors (Lipinski definition) is 2. The molecule has 2 amide bonds. The van der Waals surface area contributed by atoms with Crippen LogP contribution in [0.15, 0.2) is 30.5 Å². The van der Waals surface area contributed by atoms with Crippen molar-refractivity contribution in [1.29, 1.82) is 0 Å². The largest absolute Gasteiger partial charge is 0.351 e. The number of carbonyl (C=O) groups excluding carboxylic acids is 1. The topological polar surface area (TPSA) is 68.0 Å². The van der Waals surface area contributed by atoms with Crippen molar-refractivity contribution in [3.05, 3.63) is 36.5 Å². The fraction of sp³-hybridized carbons (Fsp3) is 0. The Balaban J connectivity index is 2.46. The van der Waals surface area contributed by atoms with Crippen LogP contribution in [0.3, 0.4) is 0 Å². The maximum atomic E-state index is 10.6. The van der Waals surface area contributed by atoms with Crippen molar-refractivity contribution in [2.75, 3.05) is 5.32 Å². The van der Waals surface area contributed by atoms with E-state index >= 15 is 0 Å². The normalized spacial score (nSPS) is 10.0. The number of nitrogens with zero attached hydrogens (tertiary/aromatic N) is 1. The SMILES string of the molecule is NC(=O)Nc1cc2ccc[c]c2cn1. The molecule has 1 radical (unpaired) electrons. The molecule has 4 heteroatoms. The molecule has 0 spiro atoms. The van der Waals surface area contributed by atoms with Gasteiger partial charge in [-0.1, -0.05) is 18.2 Å². The van der Waals surface area contributed by atoms with Crippen molar-refractivity contribution in [3.63, 3.8) is 0 Å². The number of amides is 2. The molecule has 0 fully saturated rings. The van der Waals surface area contributed by atoms with Gasteiger partial charge < -0.3 is 5.73 Å². The average molecular weight is 186 g/mol. The van der Waals surface area contributed by atoms with Crippen LogP contribution in [-0.2, 0) is 0 Å². The zero-order valence-corrected chi connectivity index (χ0v) is 7.32. The number of fused-ring (bicyclic) bond motifs is 1. The quantitative estimate of drug-likeness (QED) is 0.709. The van der Waals surface area contributed by atoms with Crippen molar-refractivity contribution >= 4 is 22.6 Å². The molecular formula is C10H8N3O. The Kier molecular flexibility index (Phi) is 2.02. The first-order valence-corrected chi connectivity index (χ1v) is 4.08. The van der Waals surface area contributed by atoms with Gasteiger partial charge in [-0.05, 0) is 17.5 Å². The van der Waals surface area contributed by atoms with E-state index in [0.717, 1.165) is 10.8 Å². The molecular weight excluding hydrogens is 178 g/mol. The highest BCUT2D eigenvalue weighted by atomic mass is 16.2. The summed E-state index contributed by atoms with van der Waals surface area (Å²) >= 11 is 0. The van der Waals surface area contributed by atoms with E-state index in [4.69, 9.17) is 5.73 Å². The Bertz CT molecular complexity index is 482. The number of hydrogen-bond donors (Lipinski definition) is 2. The van der Waals surface area contributed by atoms with Gasteiger partial charge in [-0.15, -0.1) is 0 Å². The predicted octanol–water partition coefficient (Wildman–Crippen LogP) is 1.53. The Labute approximate surface area is 80.7 Å². The average Bonchev–Trinajstić information content (AvgIpc) is 2.17. The number of nitrogens with one attached hydrogen (secondary N) is 1. The standard InChI is InChI=1S/C10H8N3O/c11-10(14)13-9-5-7-3-1-2-4-8(7)6-12-9/h1-3,5-6H,(H3,11,12,13,14). The number of aromatic nitrogens is 1. The van der Waals surface area contributed by atoms with Gasteiger partial charge in [0.15, 0.2) is 0 Å². The van der Waals surface area contributed by atoms with Gasteiger partial charge in [0.05, 0.1) is 0 Å². The van der Waals surface area contributed by atoms with Crippen LogP contribution in [0.25, 0.3) is 10.8 Å². The van der Waals surface area contributed by atoms with Crippen LogP contribution >= 0.6 is 0 Å². The number of rotatable bonds is 1. The molecule has 14 heavy (non-hydrogen) atoms. The number of urea groups is 1. The second kappa shape index (κ2) is 3.33. The zero-order chi connectivity index (χ0) is 9.97. The Morgan fingerprint density at radius 3 is 3.21 bits per heavy atom. The van der Waals surface area contributed by atoms with E-state index in [1.807, 2.05) is 18.2 Å². The summed E-state index contributed by atoms with van der Waals surface area (Å²) in [6, 6.07) is 9.76. The Morgan fingerprint density at radius 2 is 2.43 bits per heavy atom. The molecule has 3 N–H and O–H groups in total. The molecule has 0 unspecified atom stereocenters. The van der Waals surface area contributed by atoms with Crippen LogP contribution in [0.1, 0.15) is 0 Å². The lowest BCUT2D eigenvalue weighted by Crippen LogP contribution is -2.19. The van der Waals surface area contributed by atoms with E-state index < -0.39 is 6.03 Å². The fourth-order valence-electron chi connectivity index (χ4n) is 1.21. The van der Waals surface area contributed by atoms with Crippen LogP contribution in [0.5, 0.6) is 0 Å². The summed E-state index contributed by atoms with van der Waals surface area (Å²) in [6.07, 6.45) is 1.64. The van der Waals surface area contributed by atoms with Crippen LogP contribution in [0.2, 0.25) is 0 Å². The zero-order valence-electron chi connectivity index (χ0n) is 7.32. The summed E-state index contributed by atoms with van der Waals surface area (Å²) in [6.45, 7) is 0. The van der Waals surface area contributed by atoms with Gasteiger partial charge in [-0.3, -0.25) is 5.32 Å². The molecule has 0 aliphatic heterocycles. The lowest BCUT2D eigenvalue weighted by atomic mass is 10.2. The summed E-state index contributed by atoms with van der Waals surface area (Å²) in [5.74, 6) is 0.449. The van der Waals surface area contributed by atoms with Crippen molar-refractivity contribution in [2.24, 2.45) is 5.73 Å². The fourth-order valence-corrected chi connectivity index (χ4v) is 1.21. The van der Waals surface area contributed by atoms with E-state index in [0.29, 0.717) is 5.82 Å². The third-order valence-corrected chi connectivity index (χ3v) is 1.80. The van der Waals surface area contributed by atoms with Crippen LogP contribution in [-0.4, -0.2) is 11.0 Å². The summed E-state index contributed by atoms with van der Waals surface area (Å²) < 4.78 is 0. The monoisotopic (exact) mass is 186 g/mol. The molecule has 1 aromatic carbocycles. The summed E-state index contributed by atoms with van der Waals surface area (Å²) in [7, 11) is 0. The number of carbonyl (C=O) groups is 1. The highest BCUT2D eigenvalue weighted by molar-refractivity contribution is 5.90. The summed E-state index contributed by atoms with van der Waals surface area (Å²) in [5, 5.41) is 4.28. The molecule has 0 aliphatic rings. The van der Waals surface area contributed by atoms with E-state index in [2.05, 4.69) is 16.4 Å². The van der Waals surface area contributed by atoms with Gasteiger partial charge in [0.25, 0.3) is 0 Å². The minimum absolute atomic E-state index is 0.449. The number of anilines is 1. The molecule has 2 rings (SSSR count). The molecule has 0 saturated carbocycles. The molecule has 69 valence electrons. The van der Waals surface area contributed by atoms with Gasteiger partial charge in [0.1, 0.15) is 5.82 Å². The van der Waals surface area contributed by atoms with Gasteiger partial charge in [-0.2, -0.15) is 0 Å². The second-order valence-electron chi connectivity index (χ2n) is 2.82. The summed E-state index contributed by atoms with van der Waals surface area (Å²) in [4.78, 5) is 14.6. The molecule has 2 aromatic rings. The Morgan fingerprint density at radius 1 is 1.57 bits per heavy atom. The van der Waals surface area contributed by atoms with E-state index in [-0.39, 0.29) is 0 Å². The second-order valence-corrected chi connectivity index (χ2v) is 2.82. The van der Waals surface area contributed by atoms with Crippen molar-refractivity contribution in [2.45, 2.75) is 0 Å². The first-order chi connectivity index (χ1) is 6.75. The van der Waals surface area contributed by atoms with E-state index in [1.165, 1.54) is 0 Å². The number of primary amides is 1. The van der Waals surface area contributed by atoms with Crippen LogP contribution in [0.4, 0.5) is 10.6 Å². The van der Waals surface area contributed by atoms with Gasteiger partial charge >= 0.3 is 6.03 Å². The van der Waals surface area contributed by atoms with E-state index in [9.17, 15) is 4.79 Å². The third-order valence-electron chi connectivity index (χ3n) is 1.80. The lowest BCUT2D eigenvalue weighted by Gasteiger charge is -2.01. The maximum absolute atomic E-state index is 10.6. The lowest BCUT2D eigenvalue weighted by molar-refractivity contribution is 0.259. The van der Waals surface area contributed by atoms with Crippen molar-refractivity contribution < 1.29 is 4.79 Å². The summed E-state index contributed by atoms with van der Waals surface area (Å²) in [5.41, 5.74) is 4.97. The smallest absolute Gasteiger partial charge is 0.317 e. The number of pyridine rings is 1. The van der Waals surface area contributed by atoms with Gasteiger partial charge in [0.2, 0.25) is 0 Å². The molecule has 0 aliphatic carbocycles. The van der Waals surface area contributed by atoms with Gasteiger partial charge in [-0.25, -0.2) is 9.78 Å². The first kappa shape index (κ1) is 8.50.